The highest BCUT2D eigenvalue weighted by Crippen LogP contribution is 2.40. The lowest BCUT2D eigenvalue weighted by atomic mass is 10.1. The van der Waals surface area contributed by atoms with Gasteiger partial charge >= 0.3 is 0 Å². The Kier molecular flexibility index (Phi) is 3.73. The van der Waals surface area contributed by atoms with Crippen LogP contribution in [0.15, 0.2) is 0 Å². The SMILES string of the molecule is CCN1CCOC(Cn2c(C3CC3)nc3c2CCNC3)C1. The molecule has 0 amide bonds. The highest BCUT2D eigenvalue weighted by Gasteiger charge is 2.33. The maximum absolute atomic E-state index is 6.02. The van der Waals surface area contributed by atoms with Crippen LogP contribution in [0.25, 0.3) is 0 Å². The fourth-order valence-corrected chi connectivity index (χ4v) is 3.63. The molecule has 1 aromatic heterocycles. The summed E-state index contributed by atoms with van der Waals surface area (Å²) in [5.74, 6) is 2.04. The molecule has 1 saturated carbocycles. The van der Waals surface area contributed by atoms with E-state index >= 15 is 0 Å². The summed E-state index contributed by atoms with van der Waals surface area (Å²) < 4.78 is 8.54. The minimum atomic E-state index is 0.324. The molecule has 5 nitrogen and oxygen atoms in total. The number of likely N-dealkylation sites (N-methyl/N-ethyl adjacent to an activating group) is 1. The summed E-state index contributed by atoms with van der Waals surface area (Å²) in [4.78, 5) is 7.44. The lowest BCUT2D eigenvalue weighted by molar-refractivity contribution is -0.0349. The molecular formula is C16H26N4O. The third-order valence-electron chi connectivity index (χ3n) is 5.01. The third-order valence-corrected chi connectivity index (χ3v) is 5.01. The molecule has 1 N–H and O–H groups in total. The topological polar surface area (TPSA) is 42.3 Å². The Morgan fingerprint density at radius 2 is 2.29 bits per heavy atom. The second kappa shape index (κ2) is 5.71. The van der Waals surface area contributed by atoms with Crippen molar-refractivity contribution in [2.75, 3.05) is 32.8 Å². The van der Waals surface area contributed by atoms with Crippen molar-refractivity contribution < 1.29 is 4.74 Å². The number of fused-ring (bicyclic) bond motifs is 1. The number of hydrogen-bond donors (Lipinski definition) is 1. The summed E-state index contributed by atoms with van der Waals surface area (Å²) in [7, 11) is 0. The number of ether oxygens (including phenoxy) is 1. The van der Waals surface area contributed by atoms with E-state index < -0.39 is 0 Å². The van der Waals surface area contributed by atoms with Gasteiger partial charge in [-0.25, -0.2) is 4.98 Å². The number of rotatable bonds is 4. The zero-order valence-electron chi connectivity index (χ0n) is 13.0. The van der Waals surface area contributed by atoms with Gasteiger partial charge in [-0.2, -0.15) is 0 Å². The Morgan fingerprint density at radius 1 is 1.38 bits per heavy atom. The van der Waals surface area contributed by atoms with Gasteiger partial charge in [-0.3, -0.25) is 4.90 Å². The minimum Gasteiger partial charge on any atom is -0.374 e. The first-order valence-corrected chi connectivity index (χ1v) is 8.48. The average molecular weight is 290 g/mol. The van der Waals surface area contributed by atoms with E-state index in [0.717, 1.165) is 52.3 Å². The van der Waals surface area contributed by atoms with Gasteiger partial charge in [0.1, 0.15) is 5.82 Å². The van der Waals surface area contributed by atoms with Crippen molar-refractivity contribution in [3.05, 3.63) is 17.2 Å². The van der Waals surface area contributed by atoms with Crippen molar-refractivity contribution in [1.82, 2.24) is 19.8 Å². The standard InChI is InChI=1S/C16H26N4O/c1-2-19-7-8-21-13(10-19)11-20-15-5-6-17-9-14(15)18-16(20)12-3-4-12/h12-13,17H,2-11H2,1H3. The average Bonchev–Trinajstić information content (AvgIpc) is 3.31. The van der Waals surface area contributed by atoms with Crippen molar-refractivity contribution in [1.29, 1.82) is 0 Å². The molecule has 21 heavy (non-hydrogen) atoms. The second-order valence-corrected chi connectivity index (χ2v) is 6.56. The Morgan fingerprint density at radius 3 is 3.10 bits per heavy atom. The molecule has 2 aliphatic heterocycles. The Balaban J connectivity index is 1.57. The maximum Gasteiger partial charge on any atom is 0.112 e. The van der Waals surface area contributed by atoms with Gasteiger partial charge in [-0.15, -0.1) is 0 Å². The molecular weight excluding hydrogens is 264 g/mol. The third kappa shape index (κ3) is 2.74. The van der Waals surface area contributed by atoms with Gasteiger partial charge < -0.3 is 14.6 Å². The summed E-state index contributed by atoms with van der Waals surface area (Å²) in [6.45, 7) is 9.38. The van der Waals surface area contributed by atoms with Gasteiger partial charge in [-0.05, 0) is 19.4 Å². The van der Waals surface area contributed by atoms with E-state index in [1.165, 1.54) is 30.1 Å². The van der Waals surface area contributed by atoms with Gasteiger partial charge in [0.25, 0.3) is 0 Å². The molecule has 3 heterocycles. The van der Waals surface area contributed by atoms with Crippen molar-refractivity contribution in [2.24, 2.45) is 0 Å². The predicted octanol–water partition coefficient (Wildman–Crippen LogP) is 1.13. The fraction of sp³-hybridized carbons (Fsp3) is 0.812. The Labute approximate surface area is 126 Å². The van der Waals surface area contributed by atoms with Crippen molar-refractivity contribution in [2.45, 2.75) is 51.3 Å². The highest BCUT2D eigenvalue weighted by molar-refractivity contribution is 5.24. The molecule has 1 atom stereocenters. The number of aromatic nitrogens is 2. The van der Waals surface area contributed by atoms with Crippen molar-refractivity contribution in [3.63, 3.8) is 0 Å². The molecule has 0 radical (unpaired) electrons. The smallest absolute Gasteiger partial charge is 0.112 e. The summed E-state index contributed by atoms with van der Waals surface area (Å²) in [5.41, 5.74) is 2.75. The summed E-state index contributed by atoms with van der Waals surface area (Å²) >= 11 is 0. The van der Waals surface area contributed by atoms with Crippen LogP contribution in [0, 0.1) is 0 Å². The molecule has 1 aliphatic carbocycles. The molecule has 0 aromatic carbocycles. The van der Waals surface area contributed by atoms with Crippen LogP contribution in [-0.2, 0) is 24.2 Å². The second-order valence-electron chi connectivity index (χ2n) is 6.56. The first-order valence-electron chi connectivity index (χ1n) is 8.48. The molecule has 1 saturated heterocycles. The normalized spacial score (nSPS) is 26.8. The van der Waals surface area contributed by atoms with Crippen molar-refractivity contribution in [3.8, 4) is 0 Å². The fourth-order valence-electron chi connectivity index (χ4n) is 3.63. The van der Waals surface area contributed by atoms with Crippen LogP contribution in [0.4, 0.5) is 0 Å². The van der Waals surface area contributed by atoms with Gasteiger partial charge in [0.05, 0.1) is 24.9 Å². The molecule has 4 rings (SSSR count). The molecule has 0 bridgehead atoms. The zero-order chi connectivity index (χ0) is 14.2. The molecule has 1 unspecified atom stereocenters. The molecule has 2 fully saturated rings. The van der Waals surface area contributed by atoms with Gasteiger partial charge in [-0.1, -0.05) is 6.92 Å². The maximum atomic E-state index is 6.02. The Hall–Kier alpha value is -0.910. The first kappa shape index (κ1) is 13.7. The van der Waals surface area contributed by atoms with Crippen LogP contribution < -0.4 is 5.32 Å². The van der Waals surface area contributed by atoms with E-state index in [2.05, 4.69) is 21.7 Å². The van der Waals surface area contributed by atoms with E-state index in [9.17, 15) is 0 Å². The minimum absolute atomic E-state index is 0.324. The van der Waals surface area contributed by atoms with Gasteiger partial charge in [0.15, 0.2) is 0 Å². The van der Waals surface area contributed by atoms with Crippen LogP contribution >= 0.6 is 0 Å². The zero-order valence-corrected chi connectivity index (χ0v) is 13.0. The van der Waals surface area contributed by atoms with Gasteiger partial charge in [0, 0.05) is 44.2 Å². The van der Waals surface area contributed by atoms with Crippen LogP contribution in [0.3, 0.4) is 0 Å². The number of imidazole rings is 1. The Bertz CT molecular complexity index is 509. The number of nitrogens with one attached hydrogen (secondary N) is 1. The van der Waals surface area contributed by atoms with E-state index in [1.807, 2.05) is 0 Å². The largest absolute Gasteiger partial charge is 0.374 e. The predicted molar refractivity (Wildman–Crippen MR) is 81.5 cm³/mol. The molecule has 0 spiro atoms. The first-order chi connectivity index (χ1) is 10.3. The van der Waals surface area contributed by atoms with Gasteiger partial charge in [0.2, 0.25) is 0 Å². The lowest BCUT2D eigenvalue weighted by Gasteiger charge is -2.33. The lowest BCUT2D eigenvalue weighted by Crippen LogP contribution is -2.44. The quantitative estimate of drug-likeness (QED) is 0.902. The van der Waals surface area contributed by atoms with Crippen LogP contribution in [0.2, 0.25) is 0 Å². The monoisotopic (exact) mass is 290 g/mol. The number of hydrogen-bond acceptors (Lipinski definition) is 4. The molecule has 1 aromatic rings. The van der Waals surface area contributed by atoms with E-state index in [0.29, 0.717) is 12.0 Å². The molecule has 3 aliphatic rings. The highest BCUT2D eigenvalue weighted by atomic mass is 16.5. The van der Waals surface area contributed by atoms with E-state index in [4.69, 9.17) is 9.72 Å². The summed E-state index contributed by atoms with van der Waals surface area (Å²) in [6, 6.07) is 0. The molecule has 5 heteroatoms. The number of nitrogens with zero attached hydrogens (tertiary/aromatic N) is 3. The summed E-state index contributed by atoms with van der Waals surface area (Å²) in [6.07, 6.45) is 4.06. The molecule has 116 valence electrons. The van der Waals surface area contributed by atoms with Crippen molar-refractivity contribution >= 4 is 0 Å². The summed E-state index contributed by atoms with van der Waals surface area (Å²) in [5, 5.41) is 3.45. The van der Waals surface area contributed by atoms with Crippen LogP contribution in [0.1, 0.15) is 42.9 Å². The van der Waals surface area contributed by atoms with E-state index in [-0.39, 0.29) is 0 Å². The van der Waals surface area contributed by atoms with Crippen LogP contribution in [0.5, 0.6) is 0 Å². The number of morpholine rings is 1. The van der Waals surface area contributed by atoms with Crippen LogP contribution in [-0.4, -0.2) is 53.3 Å². The van der Waals surface area contributed by atoms with E-state index in [1.54, 1.807) is 0 Å².